The summed E-state index contributed by atoms with van der Waals surface area (Å²) in [6.07, 6.45) is 7.85. The van der Waals surface area contributed by atoms with Crippen LogP contribution in [0.5, 0.6) is 0 Å². The molecule has 0 unspecified atom stereocenters. The van der Waals surface area contributed by atoms with Crippen LogP contribution < -0.4 is 0 Å². The lowest BCUT2D eigenvalue weighted by Crippen LogP contribution is -2.02. The fourth-order valence-corrected chi connectivity index (χ4v) is 10.5. The van der Waals surface area contributed by atoms with Gasteiger partial charge in [0.25, 0.3) is 0 Å². The van der Waals surface area contributed by atoms with Crippen LogP contribution in [0.25, 0.3) is 105 Å². The molecule has 2 aromatic heterocycles. The molecule has 296 valence electrons. The highest BCUT2D eigenvalue weighted by atomic mass is 15.0. The maximum absolute atomic E-state index is 2.47. The monoisotopic (exact) mass is 794 g/mol. The first-order valence-electron chi connectivity index (χ1n) is 22.2. The van der Waals surface area contributed by atoms with Gasteiger partial charge in [0, 0.05) is 32.9 Å². The zero-order valence-corrected chi connectivity index (χ0v) is 35.1. The molecule has 1 aliphatic rings. The van der Waals surface area contributed by atoms with Crippen molar-refractivity contribution in [2.24, 2.45) is 5.92 Å². The van der Waals surface area contributed by atoms with Crippen molar-refractivity contribution in [3.8, 4) is 44.8 Å². The molecule has 0 amide bonds. The van der Waals surface area contributed by atoms with E-state index in [4.69, 9.17) is 0 Å². The molecule has 0 aliphatic heterocycles. The van der Waals surface area contributed by atoms with Crippen LogP contribution in [0.3, 0.4) is 0 Å². The first-order chi connectivity index (χ1) is 30.6. The van der Waals surface area contributed by atoms with E-state index in [1.807, 2.05) is 0 Å². The number of aromatic nitrogens is 2. The Hall–Kier alpha value is -7.42. The molecule has 0 bridgehead atoms. The Morgan fingerprint density at radius 2 is 0.919 bits per heavy atom. The average molecular weight is 795 g/mol. The second-order valence-corrected chi connectivity index (χ2v) is 17.5. The van der Waals surface area contributed by atoms with Crippen molar-refractivity contribution in [1.82, 2.24) is 9.13 Å². The van der Waals surface area contributed by atoms with Gasteiger partial charge in [-0.05, 0) is 147 Å². The number of fused-ring (bicyclic) bond motifs is 8. The van der Waals surface area contributed by atoms with Gasteiger partial charge < -0.3 is 9.13 Å². The summed E-state index contributed by atoms with van der Waals surface area (Å²) in [4.78, 5) is 0. The second kappa shape index (κ2) is 14.6. The number of benzene rings is 9. The van der Waals surface area contributed by atoms with Crippen molar-refractivity contribution in [2.45, 2.75) is 33.1 Å². The number of para-hydroxylation sites is 2. The Morgan fingerprint density at radius 3 is 1.56 bits per heavy atom. The van der Waals surface area contributed by atoms with E-state index in [-0.39, 0.29) is 0 Å². The van der Waals surface area contributed by atoms with Crippen molar-refractivity contribution in [3.63, 3.8) is 0 Å². The van der Waals surface area contributed by atoms with E-state index < -0.39 is 0 Å². The molecular weight excluding hydrogens is 749 g/mol. The summed E-state index contributed by atoms with van der Waals surface area (Å²) < 4.78 is 4.86. The van der Waals surface area contributed by atoms with Crippen LogP contribution in [-0.4, -0.2) is 9.13 Å². The number of nitrogens with zero attached hydrogens (tertiary/aromatic N) is 2. The Bertz CT molecular complexity index is 3490. The van der Waals surface area contributed by atoms with Crippen LogP contribution in [-0.2, 0) is 12.8 Å². The van der Waals surface area contributed by atoms with E-state index in [0.29, 0.717) is 5.92 Å². The molecule has 0 saturated carbocycles. The lowest BCUT2D eigenvalue weighted by atomic mass is 9.80. The molecule has 1 aliphatic carbocycles. The molecule has 0 atom stereocenters. The van der Waals surface area contributed by atoms with E-state index in [0.717, 1.165) is 19.3 Å². The summed E-state index contributed by atoms with van der Waals surface area (Å²) >= 11 is 0. The topological polar surface area (TPSA) is 9.86 Å². The Kier molecular flexibility index (Phi) is 8.60. The Morgan fingerprint density at radius 1 is 0.419 bits per heavy atom. The molecule has 9 aromatic carbocycles. The molecule has 12 rings (SSSR count). The minimum atomic E-state index is 0.580. The minimum absolute atomic E-state index is 0.580. The molecule has 2 heteroatoms. The molecular formula is C60H46N2. The molecule has 0 spiro atoms. The normalized spacial score (nSPS) is 12.7. The van der Waals surface area contributed by atoms with Crippen molar-refractivity contribution in [3.05, 3.63) is 211 Å². The fourth-order valence-electron chi connectivity index (χ4n) is 10.5. The molecule has 0 fully saturated rings. The summed E-state index contributed by atoms with van der Waals surface area (Å²) in [5.41, 5.74) is 19.1. The van der Waals surface area contributed by atoms with Gasteiger partial charge in [-0.15, -0.1) is 0 Å². The number of hydrogen-bond acceptors (Lipinski definition) is 0. The van der Waals surface area contributed by atoms with E-state index in [1.54, 1.807) is 0 Å². The zero-order valence-electron chi connectivity index (χ0n) is 35.1. The fraction of sp³-hybridized carbons (Fsp3) is 0.100. The molecule has 0 radical (unpaired) electrons. The largest absolute Gasteiger partial charge is 0.309 e. The van der Waals surface area contributed by atoms with Gasteiger partial charge in [-0.25, -0.2) is 0 Å². The van der Waals surface area contributed by atoms with E-state index in [2.05, 4.69) is 223 Å². The van der Waals surface area contributed by atoms with Crippen LogP contribution in [0.4, 0.5) is 0 Å². The first kappa shape index (κ1) is 36.4. The van der Waals surface area contributed by atoms with Crippen LogP contribution in [0.1, 0.15) is 37.0 Å². The predicted octanol–water partition coefficient (Wildman–Crippen LogP) is 16.2. The smallest absolute Gasteiger partial charge is 0.0541 e. The maximum atomic E-state index is 2.47. The van der Waals surface area contributed by atoms with Gasteiger partial charge in [0.15, 0.2) is 0 Å². The third-order valence-corrected chi connectivity index (χ3v) is 13.2. The van der Waals surface area contributed by atoms with Gasteiger partial charge >= 0.3 is 0 Å². The van der Waals surface area contributed by atoms with Gasteiger partial charge in [-0.3, -0.25) is 0 Å². The van der Waals surface area contributed by atoms with Crippen LogP contribution in [0, 0.1) is 5.92 Å². The number of allylic oxidation sites excluding steroid dienone is 1. The second-order valence-electron chi connectivity index (χ2n) is 17.5. The first-order valence-corrected chi connectivity index (χ1v) is 22.2. The third kappa shape index (κ3) is 5.85. The molecule has 11 aromatic rings. The summed E-state index contributed by atoms with van der Waals surface area (Å²) in [5.74, 6) is 0.580. The third-order valence-electron chi connectivity index (χ3n) is 13.2. The number of hydrogen-bond donors (Lipinski definition) is 0. The van der Waals surface area contributed by atoms with Crippen LogP contribution in [0.15, 0.2) is 194 Å². The van der Waals surface area contributed by atoms with E-state index in [9.17, 15) is 0 Å². The van der Waals surface area contributed by atoms with Crippen LogP contribution >= 0.6 is 0 Å². The van der Waals surface area contributed by atoms with E-state index >= 15 is 0 Å². The Balaban J connectivity index is 0.975. The lowest BCUT2D eigenvalue weighted by molar-refractivity contribution is 0.648. The molecule has 2 heterocycles. The van der Waals surface area contributed by atoms with Crippen molar-refractivity contribution in [2.75, 3.05) is 0 Å². The highest BCUT2D eigenvalue weighted by molar-refractivity contribution is 6.12. The van der Waals surface area contributed by atoms with Crippen molar-refractivity contribution in [1.29, 1.82) is 0 Å². The van der Waals surface area contributed by atoms with E-state index in [1.165, 1.54) is 116 Å². The zero-order chi connectivity index (χ0) is 41.3. The van der Waals surface area contributed by atoms with Gasteiger partial charge in [0.1, 0.15) is 0 Å². The minimum Gasteiger partial charge on any atom is -0.309 e. The van der Waals surface area contributed by atoms with Crippen LogP contribution in [0.2, 0.25) is 0 Å². The van der Waals surface area contributed by atoms with Gasteiger partial charge in [0.2, 0.25) is 0 Å². The number of rotatable bonds is 7. The highest BCUT2D eigenvalue weighted by Crippen LogP contribution is 2.45. The van der Waals surface area contributed by atoms with Crippen molar-refractivity contribution < 1.29 is 0 Å². The summed E-state index contributed by atoms with van der Waals surface area (Å²) in [7, 11) is 0. The summed E-state index contributed by atoms with van der Waals surface area (Å²) in [6, 6.07) is 70.0. The Labute approximate surface area is 362 Å². The quantitative estimate of drug-likeness (QED) is 0.152. The van der Waals surface area contributed by atoms with Gasteiger partial charge in [0.05, 0.1) is 22.1 Å². The van der Waals surface area contributed by atoms with Gasteiger partial charge in [-0.2, -0.15) is 0 Å². The highest BCUT2D eigenvalue weighted by Gasteiger charge is 2.22. The molecule has 0 N–H and O–H groups in total. The average Bonchev–Trinajstić information content (AvgIpc) is 3.83. The predicted molar refractivity (Wildman–Crippen MR) is 265 cm³/mol. The SMILES string of the molecule is CC(C)Cc1ccc2c(c1)c1cc(-c3ccc(-n4c5ccccc5c5ccccc54)cc3)ccc1n2-c1ccc(-c2c3c(c(-c4ccccc4)c4ccccc24)C=CCC3)cc1. The van der Waals surface area contributed by atoms with Gasteiger partial charge in [-0.1, -0.05) is 153 Å². The molecule has 2 nitrogen and oxygen atoms in total. The molecule has 0 saturated heterocycles. The van der Waals surface area contributed by atoms with Crippen molar-refractivity contribution >= 4 is 60.5 Å². The summed E-state index contributed by atoms with van der Waals surface area (Å²) in [6.45, 7) is 4.62. The summed E-state index contributed by atoms with van der Waals surface area (Å²) in [5, 5.41) is 7.76. The maximum Gasteiger partial charge on any atom is 0.0541 e. The lowest BCUT2D eigenvalue weighted by Gasteiger charge is -2.24. The standard InChI is InChI=1S/C60H46N2/c1-39(2)36-40-24-34-57-53(37-40)54-38-44(41-25-30-45(31-26-41)61-55-22-12-10-16-47(55)48-17-11-13-23-56(48)61)29-35-58(54)62(57)46-32-27-43(28-33-46)60-51-20-8-6-18-49(51)59(42-14-4-3-5-15-42)50-19-7-9-21-52(50)60/h3-8,10-20,22-35,37-39H,9,21,36H2,1-2H3. The molecule has 62 heavy (non-hydrogen) atoms.